The molecule has 2 rings (SSSR count). The zero-order valence-electron chi connectivity index (χ0n) is 10.6. The fourth-order valence-corrected chi connectivity index (χ4v) is 1.81. The summed E-state index contributed by atoms with van der Waals surface area (Å²) >= 11 is 0. The molecule has 0 aromatic heterocycles. The lowest BCUT2D eigenvalue weighted by Crippen LogP contribution is -2.20. The van der Waals surface area contributed by atoms with Gasteiger partial charge in [-0.3, -0.25) is 10.1 Å². The van der Waals surface area contributed by atoms with Gasteiger partial charge in [0.2, 0.25) is 0 Å². The van der Waals surface area contributed by atoms with Crippen LogP contribution in [-0.4, -0.2) is 24.1 Å². The van der Waals surface area contributed by atoms with E-state index < -0.39 is 4.92 Å². The van der Waals surface area contributed by atoms with Crippen LogP contribution in [0.1, 0.15) is 24.8 Å². The summed E-state index contributed by atoms with van der Waals surface area (Å²) in [7, 11) is 0. The zero-order chi connectivity index (χ0) is 13.7. The molecule has 1 aromatic carbocycles. The highest BCUT2D eigenvalue weighted by Crippen LogP contribution is 2.25. The van der Waals surface area contributed by atoms with Crippen LogP contribution < -0.4 is 10.6 Å². The molecule has 0 unspecified atom stereocenters. The van der Waals surface area contributed by atoms with Crippen molar-refractivity contribution in [1.82, 2.24) is 5.32 Å². The Morgan fingerprint density at radius 1 is 1.42 bits per heavy atom. The largest absolute Gasteiger partial charge is 0.379 e. The third-order valence-electron chi connectivity index (χ3n) is 3.00. The minimum atomic E-state index is -0.467. The highest BCUT2D eigenvalue weighted by atomic mass is 16.6. The molecular weight excluding hydrogens is 244 g/mol. The zero-order valence-corrected chi connectivity index (χ0v) is 10.6. The van der Waals surface area contributed by atoms with Crippen LogP contribution in [0.25, 0.3) is 0 Å². The van der Waals surface area contributed by atoms with E-state index in [1.807, 2.05) is 6.07 Å². The quantitative estimate of drug-likeness (QED) is 0.444. The number of hydrogen-bond donors (Lipinski definition) is 2. The summed E-state index contributed by atoms with van der Waals surface area (Å²) in [4.78, 5) is 10.5. The first-order valence-electron chi connectivity index (χ1n) is 6.36. The Morgan fingerprint density at radius 3 is 2.84 bits per heavy atom. The standard InChI is InChI=1S/C13H16N4O2/c14-9-10-2-5-12(13(8-10)17(18)19)16-7-1-6-15-11-3-4-11/h2,5,8,11,15-16H,1,3-4,6-7H2. The highest BCUT2D eigenvalue weighted by Gasteiger charge is 2.19. The van der Waals surface area contributed by atoms with E-state index in [9.17, 15) is 10.1 Å². The number of nitrogens with one attached hydrogen (secondary N) is 2. The van der Waals surface area contributed by atoms with Crippen LogP contribution in [0.3, 0.4) is 0 Å². The molecule has 0 spiro atoms. The van der Waals surface area contributed by atoms with Gasteiger partial charge in [0.25, 0.3) is 5.69 Å². The smallest absolute Gasteiger partial charge is 0.293 e. The molecule has 0 atom stereocenters. The van der Waals surface area contributed by atoms with Crippen LogP contribution in [0.4, 0.5) is 11.4 Å². The van der Waals surface area contributed by atoms with E-state index in [4.69, 9.17) is 5.26 Å². The van der Waals surface area contributed by atoms with E-state index in [0.29, 0.717) is 23.8 Å². The molecule has 0 aliphatic heterocycles. The van der Waals surface area contributed by atoms with Crippen molar-refractivity contribution in [2.75, 3.05) is 18.4 Å². The van der Waals surface area contributed by atoms with Gasteiger partial charge in [-0.05, 0) is 37.9 Å². The van der Waals surface area contributed by atoms with E-state index >= 15 is 0 Å². The number of rotatable bonds is 7. The van der Waals surface area contributed by atoms with E-state index in [1.165, 1.54) is 18.9 Å². The molecule has 1 saturated carbocycles. The van der Waals surface area contributed by atoms with Gasteiger partial charge >= 0.3 is 0 Å². The van der Waals surface area contributed by atoms with Crippen LogP contribution in [0.15, 0.2) is 18.2 Å². The average Bonchev–Trinajstić information content (AvgIpc) is 3.22. The first kappa shape index (κ1) is 13.3. The topological polar surface area (TPSA) is 91.0 Å². The van der Waals surface area contributed by atoms with Crippen molar-refractivity contribution in [2.24, 2.45) is 0 Å². The predicted octanol–water partition coefficient (Wildman–Crippen LogP) is 2.02. The van der Waals surface area contributed by atoms with Crippen molar-refractivity contribution in [1.29, 1.82) is 5.26 Å². The van der Waals surface area contributed by atoms with Gasteiger partial charge < -0.3 is 10.6 Å². The maximum atomic E-state index is 10.9. The molecule has 1 aliphatic carbocycles. The van der Waals surface area contributed by atoms with Crippen molar-refractivity contribution >= 4 is 11.4 Å². The molecule has 0 heterocycles. The molecule has 1 fully saturated rings. The molecule has 19 heavy (non-hydrogen) atoms. The van der Waals surface area contributed by atoms with Crippen molar-refractivity contribution in [2.45, 2.75) is 25.3 Å². The number of nitrogens with zero attached hydrogens (tertiary/aromatic N) is 2. The Bertz CT molecular complexity index is 506. The molecule has 1 aromatic rings. The molecule has 1 aliphatic rings. The van der Waals surface area contributed by atoms with Gasteiger partial charge in [0.1, 0.15) is 5.69 Å². The second kappa shape index (κ2) is 6.16. The van der Waals surface area contributed by atoms with Crippen molar-refractivity contribution in [3.63, 3.8) is 0 Å². The van der Waals surface area contributed by atoms with Crippen LogP contribution in [0, 0.1) is 21.4 Å². The van der Waals surface area contributed by atoms with Crippen molar-refractivity contribution in [3.8, 4) is 6.07 Å². The van der Waals surface area contributed by atoms with E-state index in [0.717, 1.165) is 13.0 Å². The van der Waals surface area contributed by atoms with Gasteiger partial charge in [-0.15, -0.1) is 0 Å². The number of nitro benzene ring substituents is 1. The molecule has 0 radical (unpaired) electrons. The monoisotopic (exact) mass is 260 g/mol. The third kappa shape index (κ3) is 3.93. The van der Waals surface area contributed by atoms with Gasteiger partial charge in [0.15, 0.2) is 0 Å². The molecule has 2 N–H and O–H groups in total. The summed E-state index contributed by atoms with van der Waals surface area (Å²) in [6, 6.07) is 7.05. The number of benzene rings is 1. The van der Waals surface area contributed by atoms with E-state index in [2.05, 4.69) is 10.6 Å². The van der Waals surface area contributed by atoms with Crippen LogP contribution in [0.2, 0.25) is 0 Å². The first-order valence-corrected chi connectivity index (χ1v) is 6.36. The molecule has 0 bridgehead atoms. The summed E-state index contributed by atoms with van der Waals surface area (Å²) in [5, 5.41) is 26.1. The molecule has 100 valence electrons. The van der Waals surface area contributed by atoms with Crippen LogP contribution >= 0.6 is 0 Å². The van der Waals surface area contributed by atoms with Crippen LogP contribution in [-0.2, 0) is 0 Å². The fraction of sp³-hybridized carbons (Fsp3) is 0.462. The highest BCUT2D eigenvalue weighted by molar-refractivity contribution is 5.63. The third-order valence-corrected chi connectivity index (χ3v) is 3.00. The lowest BCUT2D eigenvalue weighted by Gasteiger charge is -2.07. The van der Waals surface area contributed by atoms with Crippen molar-refractivity contribution < 1.29 is 4.92 Å². The molecule has 6 nitrogen and oxygen atoms in total. The summed E-state index contributed by atoms with van der Waals surface area (Å²) in [5.41, 5.74) is 0.720. The number of anilines is 1. The maximum Gasteiger partial charge on any atom is 0.293 e. The lowest BCUT2D eigenvalue weighted by atomic mass is 10.2. The number of nitro groups is 1. The molecule has 6 heteroatoms. The average molecular weight is 260 g/mol. The minimum Gasteiger partial charge on any atom is -0.379 e. The van der Waals surface area contributed by atoms with Gasteiger partial charge in [-0.25, -0.2) is 0 Å². The predicted molar refractivity (Wildman–Crippen MR) is 71.9 cm³/mol. The second-order valence-corrected chi connectivity index (χ2v) is 4.61. The van der Waals surface area contributed by atoms with Gasteiger partial charge in [-0.1, -0.05) is 0 Å². The Kier molecular flexibility index (Phi) is 4.31. The van der Waals surface area contributed by atoms with Crippen molar-refractivity contribution in [3.05, 3.63) is 33.9 Å². The number of nitriles is 1. The van der Waals surface area contributed by atoms with Gasteiger partial charge in [0.05, 0.1) is 16.6 Å². The Hall–Kier alpha value is -2.13. The van der Waals surface area contributed by atoms with E-state index in [1.54, 1.807) is 12.1 Å². The Morgan fingerprint density at radius 2 is 2.21 bits per heavy atom. The Labute approximate surface area is 111 Å². The number of hydrogen-bond acceptors (Lipinski definition) is 5. The first-order chi connectivity index (χ1) is 9.20. The molecule has 0 amide bonds. The lowest BCUT2D eigenvalue weighted by molar-refractivity contribution is -0.384. The summed E-state index contributed by atoms with van der Waals surface area (Å²) in [5.74, 6) is 0. The van der Waals surface area contributed by atoms with Crippen LogP contribution in [0.5, 0.6) is 0 Å². The summed E-state index contributed by atoms with van der Waals surface area (Å²) < 4.78 is 0. The van der Waals surface area contributed by atoms with Gasteiger partial charge in [-0.2, -0.15) is 5.26 Å². The summed E-state index contributed by atoms with van der Waals surface area (Å²) in [6.07, 6.45) is 3.43. The second-order valence-electron chi connectivity index (χ2n) is 4.61. The maximum absolute atomic E-state index is 10.9. The SMILES string of the molecule is N#Cc1ccc(NCCCNC2CC2)c([N+](=O)[O-])c1. The fourth-order valence-electron chi connectivity index (χ4n) is 1.81. The molecular formula is C13H16N4O2. The minimum absolute atomic E-state index is 0.0470. The van der Waals surface area contributed by atoms with Gasteiger partial charge in [0, 0.05) is 18.7 Å². The summed E-state index contributed by atoms with van der Waals surface area (Å²) in [6.45, 7) is 1.59. The Balaban J connectivity index is 1.87. The normalized spacial score (nSPS) is 13.8. The molecule has 0 saturated heterocycles. The van der Waals surface area contributed by atoms with E-state index in [-0.39, 0.29) is 5.69 Å².